The van der Waals surface area contributed by atoms with Gasteiger partial charge in [-0.15, -0.1) is 0 Å². The van der Waals surface area contributed by atoms with Gasteiger partial charge in [-0.1, -0.05) is 12.1 Å². The number of benzene rings is 1. The maximum Gasteiger partial charge on any atom is 0.251 e. The molecule has 1 aliphatic heterocycles. The van der Waals surface area contributed by atoms with Crippen molar-refractivity contribution in [3.63, 3.8) is 0 Å². The molecule has 1 aromatic rings. The summed E-state index contributed by atoms with van der Waals surface area (Å²) in [5.41, 5.74) is 1.83. The van der Waals surface area contributed by atoms with Crippen molar-refractivity contribution in [1.82, 2.24) is 20.9 Å². The number of hydrogen-bond acceptors (Lipinski definition) is 3. The lowest BCUT2D eigenvalue weighted by Crippen LogP contribution is -2.44. The predicted octanol–water partition coefficient (Wildman–Crippen LogP) is 1.77. The Labute approximate surface area is 162 Å². The van der Waals surface area contributed by atoms with Crippen LogP contribution in [0.1, 0.15) is 49.0 Å². The molecule has 148 valence electrons. The summed E-state index contributed by atoms with van der Waals surface area (Å²) in [5, 5.41) is 9.65. The third-order valence-electron chi connectivity index (χ3n) is 5.41. The molecule has 0 spiro atoms. The number of hydrogen-bond donors (Lipinski definition) is 3. The largest absolute Gasteiger partial charge is 0.357 e. The van der Waals surface area contributed by atoms with Gasteiger partial charge in [-0.05, 0) is 57.2 Å². The van der Waals surface area contributed by atoms with Crippen LogP contribution in [0.3, 0.4) is 0 Å². The monoisotopic (exact) mass is 371 g/mol. The van der Waals surface area contributed by atoms with Crippen molar-refractivity contribution < 1.29 is 4.79 Å². The number of rotatable bonds is 7. The maximum absolute atomic E-state index is 11.8. The third kappa shape index (κ3) is 5.45. The van der Waals surface area contributed by atoms with Crippen LogP contribution in [-0.2, 0) is 6.42 Å². The maximum atomic E-state index is 11.8. The van der Waals surface area contributed by atoms with Gasteiger partial charge in [-0.25, -0.2) is 0 Å². The summed E-state index contributed by atoms with van der Waals surface area (Å²) in [6, 6.07) is 9.71. The fourth-order valence-corrected chi connectivity index (χ4v) is 3.90. The first-order valence-electron chi connectivity index (χ1n) is 10.2. The number of nitrogens with zero attached hydrogens (tertiary/aromatic N) is 2. The molecular weight excluding hydrogens is 338 g/mol. The molecule has 3 rings (SSSR count). The second-order valence-electron chi connectivity index (χ2n) is 7.64. The highest BCUT2D eigenvalue weighted by molar-refractivity contribution is 5.94. The van der Waals surface area contributed by atoms with E-state index in [1.165, 1.54) is 19.3 Å². The van der Waals surface area contributed by atoms with Crippen molar-refractivity contribution in [3.8, 4) is 0 Å². The Bertz CT molecular complexity index is 670. The highest BCUT2D eigenvalue weighted by atomic mass is 16.1. The SMILES string of the molecule is CCNC(=NCCc1cccc(C(=O)NC)c1)NC1CC(C)N(C2CC2)C1. The van der Waals surface area contributed by atoms with Crippen LogP contribution in [0.25, 0.3) is 0 Å². The molecule has 6 nitrogen and oxygen atoms in total. The van der Waals surface area contributed by atoms with Crippen LogP contribution >= 0.6 is 0 Å². The van der Waals surface area contributed by atoms with Gasteiger partial charge in [-0.2, -0.15) is 0 Å². The summed E-state index contributed by atoms with van der Waals surface area (Å²) in [7, 11) is 1.65. The van der Waals surface area contributed by atoms with Crippen molar-refractivity contribution in [1.29, 1.82) is 0 Å². The predicted molar refractivity (Wildman–Crippen MR) is 110 cm³/mol. The zero-order valence-corrected chi connectivity index (χ0v) is 16.8. The van der Waals surface area contributed by atoms with Crippen LogP contribution < -0.4 is 16.0 Å². The molecular formula is C21H33N5O. The summed E-state index contributed by atoms with van der Waals surface area (Å²) in [6.45, 7) is 7.10. The number of amides is 1. The van der Waals surface area contributed by atoms with E-state index in [-0.39, 0.29) is 5.91 Å². The Morgan fingerprint density at radius 3 is 2.85 bits per heavy atom. The van der Waals surface area contributed by atoms with Crippen LogP contribution in [0.5, 0.6) is 0 Å². The number of carbonyl (C=O) groups excluding carboxylic acids is 1. The van der Waals surface area contributed by atoms with E-state index in [9.17, 15) is 4.79 Å². The summed E-state index contributed by atoms with van der Waals surface area (Å²) >= 11 is 0. The highest BCUT2D eigenvalue weighted by Gasteiger charge is 2.38. The van der Waals surface area contributed by atoms with E-state index >= 15 is 0 Å². The van der Waals surface area contributed by atoms with Gasteiger partial charge in [0.25, 0.3) is 5.91 Å². The van der Waals surface area contributed by atoms with E-state index in [0.717, 1.165) is 37.1 Å². The van der Waals surface area contributed by atoms with E-state index in [4.69, 9.17) is 4.99 Å². The van der Waals surface area contributed by atoms with Gasteiger partial charge in [0.15, 0.2) is 5.96 Å². The molecule has 1 aromatic carbocycles. The molecule has 1 amide bonds. The minimum Gasteiger partial charge on any atom is -0.357 e. The number of aliphatic imine (C=N–C) groups is 1. The Hall–Kier alpha value is -2.08. The molecule has 1 saturated heterocycles. The molecule has 3 N–H and O–H groups in total. The fraction of sp³-hybridized carbons (Fsp3) is 0.619. The zero-order valence-electron chi connectivity index (χ0n) is 16.8. The van der Waals surface area contributed by atoms with Gasteiger partial charge in [0, 0.05) is 50.4 Å². The first-order valence-corrected chi connectivity index (χ1v) is 10.2. The van der Waals surface area contributed by atoms with Crippen molar-refractivity contribution in [2.45, 2.75) is 57.7 Å². The molecule has 1 saturated carbocycles. The highest BCUT2D eigenvalue weighted by Crippen LogP contribution is 2.33. The van der Waals surface area contributed by atoms with Gasteiger partial charge in [0.05, 0.1) is 0 Å². The second-order valence-corrected chi connectivity index (χ2v) is 7.64. The normalized spacial score (nSPS) is 23.3. The van der Waals surface area contributed by atoms with Gasteiger partial charge in [-0.3, -0.25) is 14.7 Å². The second kappa shape index (κ2) is 9.22. The standard InChI is InChI=1S/C21H33N5O/c1-4-23-21(25-18-12-15(2)26(14-18)19-8-9-19)24-11-10-16-6-5-7-17(13-16)20(27)22-3/h5-7,13,15,18-19H,4,8-12,14H2,1-3H3,(H,22,27)(H2,23,24,25). The van der Waals surface area contributed by atoms with Crippen LogP contribution in [0.4, 0.5) is 0 Å². The number of likely N-dealkylation sites (tertiary alicyclic amines) is 1. The fourth-order valence-electron chi connectivity index (χ4n) is 3.90. The summed E-state index contributed by atoms with van der Waals surface area (Å²) in [5.74, 6) is 0.848. The first-order chi connectivity index (χ1) is 13.1. The number of guanidine groups is 1. The Morgan fingerprint density at radius 2 is 2.15 bits per heavy atom. The molecule has 27 heavy (non-hydrogen) atoms. The Kier molecular flexibility index (Phi) is 6.72. The van der Waals surface area contributed by atoms with Gasteiger partial charge >= 0.3 is 0 Å². The lowest BCUT2D eigenvalue weighted by Gasteiger charge is -2.20. The summed E-state index contributed by atoms with van der Waals surface area (Å²) in [6.07, 6.45) is 4.71. The van der Waals surface area contributed by atoms with E-state index in [1.807, 2.05) is 18.2 Å². The molecule has 2 aliphatic rings. The van der Waals surface area contributed by atoms with E-state index in [0.29, 0.717) is 24.2 Å². The van der Waals surface area contributed by atoms with Crippen molar-refractivity contribution >= 4 is 11.9 Å². The third-order valence-corrected chi connectivity index (χ3v) is 5.41. The Morgan fingerprint density at radius 1 is 1.33 bits per heavy atom. The molecule has 0 aromatic heterocycles. The number of nitrogens with one attached hydrogen (secondary N) is 3. The van der Waals surface area contributed by atoms with Gasteiger partial charge in [0.1, 0.15) is 0 Å². The van der Waals surface area contributed by atoms with Gasteiger partial charge in [0.2, 0.25) is 0 Å². The van der Waals surface area contributed by atoms with E-state index in [1.54, 1.807) is 7.05 Å². The summed E-state index contributed by atoms with van der Waals surface area (Å²) < 4.78 is 0. The first kappa shape index (κ1) is 19.7. The van der Waals surface area contributed by atoms with Crippen molar-refractivity contribution in [2.24, 2.45) is 4.99 Å². The molecule has 0 radical (unpaired) electrons. The average Bonchev–Trinajstić information content (AvgIpc) is 3.44. The molecule has 2 unspecified atom stereocenters. The van der Waals surface area contributed by atoms with Gasteiger partial charge < -0.3 is 16.0 Å². The molecule has 2 fully saturated rings. The Balaban J connectivity index is 1.54. The molecule has 1 heterocycles. The van der Waals surface area contributed by atoms with Crippen molar-refractivity contribution in [3.05, 3.63) is 35.4 Å². The smallest absolute Gasteiger partial charge is 0.251 e. The lowest BCUT2D eigenvalue weighted by molar-refractivity contribution is 0.0963. The zero-order chi connectivity index (χ0) is 19.2. The average molecular weight is 372 g/mol. The molecule has 1 aliphatic carbocycles. The molecule has 6 heteroatoms. The van der Waals surface area contributed by atoms with Crippen LogP contribution in [0, 0.1) is 0 Å². The van der Waals surface area contributed by atoms with E-state index < -0.39 is 0 Å². The van der Waals surface area contributed by atoms with Crippen molar-refractivity contribution in [2.75, 3.05) is 26.7 Å². The van der Waals surface area contributed by atoms with Crippen LogP contribution in [0.2, 0.25) is 0 Å². The quantitative estimate of drug-likeness (QED) is 0.505. The van der Waals surface area contributed by atoms with E-state index in [2.05, 4.69) is 40.8 Å². The van der Waals surface area contributed by atoms with Crippen LogP contribution in [-0.4, -0.2) is 61.6 Å². The lowest BCUT2D eigenvalue weighted by atomic mass is 10.1. The summed E-state index contributed by atoms with van der Waals surface area (Å²) in [4.78, 5) is 19.2. The number of carbonyl (C=O) groups is 1. The topological polar surface area (TPSA) is 68.8 Å². The van der Waals surface area contributed by atoms with Crippen LogP contribution in [0.15, 0.2) is 29.3 Å². The molecule has 0 bridgehead atoms. The molecule has 2 atom stereocenters. The minimum absolute atomic E-state index is 0.0501. The minimum atomic E-state index is -0.0501.